The van der Waals surface area contributed by atoms with Gasteiger partial charge in [0.25, 0.3) is 5.69 Å². The van der Waals surface area contributed by atoms with Crippen molar-refractivity contribution in [3.05, 3.63) is 57.9 Å². The number of anilines is 1. The van der Waals surface area contributed by atoms with Gasteiger partial charge in [0.05, 0.1) is 17.6 Å². The molecule has 0 aliphatic heterocycles. The number of nitro benzene ring substituents is 1. The molecule has 0 aliphatic rings. The van der Waals surface area contributed by atoms with E-state index in [1.54, 1.807) is 24.5 Å². The average Bonchev–Trinajstić information content (AvgIpc) is 2.47. The number of hydrogen-bond acceptors (Lipinski definition) is 5. The van der Waals surface area contributed by atoms with Crippen molar-refractivity contribution < 1.29 is 9.66 Å². The molecule has 6 nitrogen and oxygen atoms in total. The van der Waals surface area contributed by atoms with Crippen LogP contribution in [0.5, 0.6) is 5.75 Å². The van der Waals surface area contributed by atoms with Gasteiger partial charge < -0.3 is 10.1 Å². The van der Waals surface area contributed by atoms with E-state index in [2.05, 4.69) is 10.3 Å². The molecule has 110 valence electrons. The number of nitrogens with zero attached hydrogens (tertiary/aromatic N) is 2. The first-order valence-electron chi connectivity index (χ1n) is 6.66. The molecule has 1 aromatic heterocycles. The molecule has 1 heterocycles. The first-order chi connectivity index (χ1) is 10.1. The summed E-state index contributed by atoms with van der Waals surface area (Å²) in [7, 11) is 0. The van der Waals surface area contributed by atoms with E-state index in [9.17, 15) is 10.1 Å². The Morgan fingerprint density at radius 2 is 2.19 bits per heavy atom. The zero-order chi connectivity index (χ0) is 15.2. The largest absolute Gasteiger partial charge is 0.494 e. The summed E-state index contributed by atoms with van der Waals surface area (Å²) in [6.45, 7) is 4.77. The van der Waals surface area contributed by atoms with Crippen molar-refractivity contribution in [3.63, 3.8) is 0 Å². The summed E-state index contributed by atoms with van der Waals surface area (Å²) in [4.78, 5) is 14.8. The van der Waals surface area contributed by atoms with Crippen LogP contribution in [0.1, 0.15) is 18.1 Å². The standard InChI is InChI=1S/C15H17N3O3/c1-3-21-13-4-5-14(15(8-13)18(19)20)17-10-12-9-16-7-6-11(12)2/h4-9,17H,3,10H2,1-2H3. The fourth-order valence-corrected chi connectivity index (χ4v) is 1.94. The van der Waals surface area contributed by atoms with Gasteiger partial charge in [0.2, 0.25) is 0 Å². The Balaban J connectivity index is 2.19. The highest BCUT2D eigenvalue weighted by Gasteiger charge is 2.15. The zero-order valence-corrected chi connectivity index (χ0v) is 12.0. The first kappa shape index (κ1) is 14.8. The second kappa shape index (κ2) is 6.69. The van der Waals surface area contributed by atoms with E-state index in [4.69, 9.17) is 4.74 Å². The second-order valence-corrected chi connectivity index (χ2v) is 4.52. The van der Waals surface area contributed by atoms with Crippen LogP contribution >= 0.6 is 0 Å². The van der Waals surface area contributed by atoms with E-state index in [1.807, 2.05) is 19.9 Å². The highest BCUT2D eigenvalue weighted by molar-refractivity contribution is 5.64. The number of aromatic nitrogens is 1. The van der Waals surface area contributed by atoms with Crippen LogP contribution in [0, 0.1) is 17.0 Å². The normalized spacial score (nSPS) is 10.2. The van der Waals surface area contributed by atoms with E-state index in [-0.39, 0.29) is 5.69 Å². The van der Waals surface area contributed by atoms with E-state index in [1.165, 1.54) is 6.07 Å². The molecular formula is C15H17N3O3. The lowest BCUT2D eigenvalue weighted by molar-refractivity contribution is -0.384. The molecule has 2 aromatic rings. The molecule has 6 heteroatoms. The van der Waals surface area contributed by atoms with Crippen LogP contribution in [0.15, 0.2) is 36.7 Å². The van der Waals surface area contributed by atoms with E-state index in [0.717, 1.165) is 11.1 Å². The molecule has 0 fully saturated rings. The molecule has 1 N–H and O–H groups in total. The third-order valence-electron chi connectivity index (χ3n) is 3.09. The number of nitrogens with one attached hydrogen (secondary N) is 1. The van der Waals surface area contributed by atoms with Crippen LogP contribution in [0.2, 0.25) is 0 Å². The summed E-state index contributed by atoms with van der Waals surface area (Å²) in [5, 5.41) is 14.2. The quantitative estimate of drug-likeness (QED) is 0.651. The summed E-state index contributed by atoms with van der Waals surface area (Å²) < 4.78 is 5.29. The van der Waals surface area contributed by atoms with E-state index >= 15 is 0 Å². The lowest BCUT2D eigenvalue weighted by Crippen LogP contribution is -2.04. The van der Waals surface area contributed by atoms with Crippen molar-refractivity contribution in [1.29, 1.82) is 0 Å². The van der Waals surface area contributed by atoms with Gasteiger partial charge in [-0.3, -0.25) is 15.1 Å². The van der Waals surface area contributed by atoms with Gasteiger partial charge in [0, 0.05) is 18.9 Å². The Morgan fingerprint density at radius 1 is 1.38 bits per heavy atom. The Kier molecular flexibility index (Phi) is 4.71. The molecule has 0 saturated heterocycles. The zero-order valence-electron chi connectivity index (χ0n) is 12.0. The number of ether oxygens (including phenoxy) is 1. The first-order valence-corrected chi connectivity index (χ1v) is 6.66. The average molecular weight is 287 g/mol. The summed E-state index contributed by atoms with van der Waals surface area (Å²) in [6, 6.07) is 6.72. The highest BCUT2D eigenvalue weighted by atomic mass is 16.6. The number of aryl methyl sites for hydroxylation is 1. The summed E-state index contributed by atoms with van der Waals surface area (Å²) in [6.07, 6.45) is 3.47. The van der Waals surface area contributed by atoms with Crippen LogP contribution in [-0.4, -0.2) is 16.5 Å². The van der Waals surface area contributed by atoms with Crippen molar-refractivity contribution in [2.45, 2.75) is 20.4 Å². The molecule has 0 spiro atoms. The lowest BCUT2D eigenvalue weighted by Gasteiger charge is -2.10. The van der Waals surface area contributed by atoms with Crippen molar-refractivity contribution in [2.75, 3.05) is 11.9 Å². The number of hydrogen-bond donors (Lipinski definition) is 1. The Hall–Kier alpha value is -2.63. The SMILES string of the molecule is CCOc1ccc(NCc2cnccc2C)c([N+](=O)[O-])c1. The predicted octanol–water partition coefficient (Wildman–Crippen LogP) is 3.31. The van der Waals surface area contributed by atoms with Gasteiger partial charge in [-0.15, -0.1) is 0 Å². The molecule has 0 aliphatic carbocycles. The summed E-state index contributed by atoms with van der Waals surface area (Å²) >= 11 is 0. The molecule has 2 rings (SSSR count). The minimum absolute atomic E-state index is 0.00231. The number of benzene rings is 1. The van der Waals surface area contributed by atoms with Gasteiger partial charge in [0.15, 0.2) is 0 Å². The van der Waals surface area contributed by atoms with Gasteiger partial charge in [0.1, 0.15) is 11.4 Å². The Bertz CT molecular complexity index is 644. The third kappa shape index (κ3) is 3.68. The Labute approximate surface area is 122 Å². The van der Waals surface area contributed by atoms with Gasteiger partial charge in [-0.2, -0.15) is 0 Å². The van der Waals surface area contributed by atoms with E-state index in [0.29, 0.717) is 24.6 Å². The number of rotatable bonds is 6. The van der Waals surface area contributed by atoms with Gasteiger partial charge in [-0.1, -0.05) is 0 Å². The molecule has 0 amide bonds. The highest BCUT2D eigenvalue weighted by Crippen LogP contribution is 2.29. The van der Waals surface area contributed by atoms with Gasteiger partial charge in [-0.05, 0) is 43.2 Å². The predicted molar refractivity (Wildman–Crippen MR) is 80.6 cm³/mol. The minimum atomic E-state index is -0.416. The van der Waals surface area contributed by atoms with Crippen LogP contribution < -0.4 is 10.1 Å². The van der Waals surface area contributed by atoms with Crippen molar-refractivity contribution >= 4 is 11.4 Å². The fraction of sp³-hybridized carbons (Fsp3) is 0.267. The number of pyridine rings is 1. The topological polar surface area (TPSA) is 77.3 Å². The maximum Gasteiger partial charge on any atom is 0.296 e. The van der Waals surface area contributed by atoms with Crippen LogP contribution in [0.25, 0.3) is 0 Å². The molecule has 0 saturated carbocycles. The van der Waals surface area contributed by atoms with Gasteiger partial charge >= 0.3 is 0 Å². The van der Waals surface area contributed by atoms with Crippen molar-refractivity contribution in [1.82, 2.24) is 4.98 Å². The molecule has 0 atom stereocenters. The maximum absolute atomic E-state index is 11.2. The summed E-state index contributed by atoms with van der Waals surface area (Å²) in [5.74, 6) is 0.493. The monoisotopic (exact) mass is 287 g/mol. The number of nitro groups is 1. The minimum Gasteiger partial charge on any atom is -0.494 e. The maximum atomic E-state index is 11.2. The third-order valence-corrected chi connectivity index (χ3v) is 3.09. The molecule has 0 bridgehead atoms. The van der Waals surface area contributed by atoms with Gasteiger partial charge in [-0.25, -0.2) is 0 Å². The molecular weight excluding hydrogens is 270 g/mol. The molecule has 21 heavy (non-hydrogen) atoms. The second-order valence-electron chi connectivity index (χ2n) is 4.52. The smallest absolute Gasteiger partial charge is 0.296 e. The van der Waals surface area contributed by atoms with Crippen molar-refractivity contribution in [3.8, 4) is 5.75 Å². The Morgan fingerprint density at radius 3 is 2.86 bits per heavy atom. The van der Waals surface area contributed by atoms with Crippen molar-refractivity contribution in [2.24, 2.45) is 0 Å². The molecule has 0 radical (unpaired) electrons. The van der Waals surface area contributed by atoms with Crippen LogP contribution in [0.4, 0.5) is 11.4 Å². The van der Waals surface area contributed by atoms with Crippen LogP contribution in [-0.2, 0) is 6.54 Å². The van der Waals surface area contributed by atoms with Crippen LogP contribution in [0.3, 0.4) is 0 Å². The van der Waals surface area contributed by atoms with E-state index < -0.39 is 4.92 Å². The summed E-state index contributed by atoms with van der Waals surface area (Å²) in [5.41, 5.74) is 2.56. The molecule has 1 aromatic carbocycles. The lowest BCUT2D eigenvalue weighted by atomic mass is 10.1. The molecule has 0 unspecified atom stereocenters. The fourth-order valence-electron chi connectivity index (χ4n) is 1.94.